The van der Waals surface area contributed by atoms with Crippen molar-refractivity contribution in [2.45, 2.75) is 38.5 Å². The van der Waals surface area contributed by atoms with Gasteiger partial charge in [0.1, 0.15) is 5.82 Å². The minimum absolute atomic E-state index is 0.00942. The third-order valence-corrected chi connectivity index (χ3v) is 5.84. The SMILES string of the molecule is CCc1ncc(C(=O)O)c(Cl)c1Cc1cc2c(F)cc(C3CC3)cc2n1C. The maximum atomic E-state index is 14.6. The summed E-state index contributed by atoms with van der Waals surface area (Å²) >= 11 is 6.39. The van der Waals surface area contributed by atoms with Gasteiger partial charge >= 0.3 is 5.97 Å². The molecule has 0 aliphatic heterocycles. The molecule has 1 aliphatic rings. The summed E-state index contributed by atoms with van der Waals surface area (Å²) < 4.78 is 16.6. The zero-order valence-corrected chi connectivity index (χ0v) is 16.0. The summed E-state index contributed by atoms with van der Waals surface area (Å²) in [5.41, 5.74) is 4.21. The summed E-state index contributed by atoms with van der Waals surface area (Å²) in [6.45, 7) is 1.95. The van der Waals surface area contributed by atoms with Crippen molar-refractivity contribution >= 4 is 28.5 Å². The van der Waals surface area contributed by atoms with Crippen LogP contribution < -0.4 is 0 Å². The summed E-state index contributed by atoms with van der Waals surface area (Å²) in [5.74, 6) is -0.844. The molecule has 0 unspecified atom stereocenters. The van der Waals surface area contributed by atoms with Crippen LogP contribution in [0.15, 0.2) is 24.4 Å². The lowest BCUT2D eigenvalue weighted by Crippen LogP contribution is -2.08. The Hall–Kier alpha value is -2.40. The molecule has 0 radical (unpaired) electrons. The van der Waals surface area contributed by atoms with Gasteiger partial charge in [0.2, 0.25) is 0 Å². The molecule has 2 aromatic heterocycles. The van der Waals surface area contributed by atoms with Gasteiger partial charge in [0, 0.05) is 36.4 Å². The molecule has 1 N–H and O–H groups in total. The summed E-state index contributed by atoms with van der Waals surface area (Å²) in [4.78, 5) is 15.7. The van der Waals surface area contributed by atoms with Gasteiger partial charge in [-0.2, -0.15) is 0 Å². The number of aromatic nitrogens is 2. The van der Waals surface area contributed by atoms with Gasteiger partial charge in [-0.15, -0.1) is 0 Å². The molecule has 6 heteroatoms. The van der Waals surface area contributed by atoms with E-state index in [9.17, 15) is 14.3 Å². The molecule has 3 aromatic rings. The van der Waals surface area contributed by atoms with Gasteiger partial charge in [0.15, 0.2) is 0 Å². The van der Waals surface area contributed by atoms with Gasteiger partial charge in [0.25, 0.3) is 0 Å². The zero-order valence-electron chi connectivity index (χ0n) is 15.2. The Morgan fingerprint density at radius 1 is 1.37 bits per heavy atom. The van der Waals surface area contributed by atoms with Crippen LogP contribution in [0.4, 0.5) is 4.39 Å². The van der Waals surface area contributed by atoms with E-state index >= 15 is 0 Å². The summed E-state index contributed by atoms with van der Waals surface area (Å²) in [6, 6.07) is 5.53. The minimum atomic E-state index is -1.10. The molecular formula is C21H20ClFN2O2. The second-order valence-corrected chi connectivity index (χ2v) is 7.53. The lowest BCUT2D eigenvalue weighted by atomic mass is 10.0. The van der Waals surface area contributed by atoms with Crippen LogP contribution in [0, 0.1) is 5.82 Å². The topological polar surface area (TPSA) is 55.1 Å². The van der Waals surface area contributed by atoms with Crippen molar-refractivity contribution < 1.29 is 14.3 Å². The molecule has 1 aromatic carbocycles. The smallest absolute Gasteiger partial charge is 0.338 e. The summed E-state index contributed by atoms with van der Waals surface area (Å²) in [7, 11) is 1.90. The number of fused-ring (bicyclic) bond motifs is 1. The highest BCUT2D eigenvalue weighted by molar-refractivity contribution is 6.34. The molecular weight excluding hydrogens is 367 g/mol. The van der Waals surface area contributed by atoms with Crippen LogP contribution in [0.3, 0.4) is 0 Å². The number of hydrogen-bond donors (Lipinski definition) is 1. The molecule has 2 heterocycles. The first-order valence-corrected chi connectivity index (χ1v) is 9.45. The van der Waals surface area contributed by atoms with Crippen molar-refractivity contribution in [1.82, 2.24) is 9.55 Å². The average molecular weight is 387 g/mol. The Balaban J connectivity index is 1.82. The van der Waals surface area contributed by atoms with Gasteiger partial charge in [-0.25, -0.2) is 9.18 Å². The van der Waals surface area contributed by atoms with Crippen LogP contribution in [-0.2, 0) is 19.9 Å². The Bertz CT molecular complexity index is 1070. The third-order valence-electron chi connectivity index (χ3n) is 5.40. The van der Waals surface area contributed by atoms with Crippen molar-refractivity contribution in [3.05, 3.63) is 63.3 Å². The van der Waals surface area contributed by atoms with Gasteiger partial charge in [-0.3, -0.25) is 4.98 Å². The lowest BCUT2D eigenvalue weighted by molar-refractivity contribution is 0.0696. The first-order chi connectivity index (χ1) is 12.9. The molecule has 1 saturated carbocycles. The maximum absolute atomic E-state index is 14.6. The minimum Gasteiger partial charge on any atom is -0.478 e. The molecule has 0 spiro atoms. The molecule has 0 atom stereocenters. The Labute approximate surface area is 161 Å². The second kappa shape index (κ2) is 6.64. The molecule has 1 fully saturated rings. The molecule has 0 bridgehead atoms. The van der Waals surface area contributed by atoms with E-state index in [0.29, 0.717) is 29.7 Å². The predicted molar refractivity (Wildman–Crippen MR) is 103 cm³/mol. The molecule has 1 aliphatic carbocycles. The van der Waals surface area contributed by atoms with Crippen molar-refractivity contribution in [2.75, 3.05) is 0 Å². The molecule has 0 saturated heterocycles. The quantitative estimate of drug-likeness (QED) is 0.664. The van der Waals surface area contributed by atoms with Crippen LogP contribution in [0.25, 0.3) is 10.9 Å². The fraction of sp³-hybridized carbons (Fsp3) is 0.333. The maximum Gasteiger partial charge on any atom is 0.338 e. The molecule has 4 rings (SSSR count). The fourth-order valence-electron chi connectivity index (χ4n) is 3.67. The van der Waals surface area contributed by atoms with Gasteiger partial charge in [-0.05, 0) is 54.5 Å². The van der Waals surface area contributed by atoms with Crippen LogP contribution in [-0.4, -0.2) is 20.6 Å². The van der Waals surface area contributed by atoms with Crippen molar-refractivity contribution in [1.29, 1.82) is 0 Å². The number of aromatic carboxylic acids is 1. The number of aryl methyl sites for hydroxylation is 2. The number of carboxylic acids is 1. The number of rotatable bonds is 5. The van der Waals surface area contributed by atoms with Crippen molar-refractivity contribution in [2.24, 2.45) is 7.05 Å². The Kier molecular flexibility index (Phi) is 4.42. The van der Waals surface area contributed by atoms with E-state index < -0.39 is 5.97 Å². The molecule has 4 nitrogen and oxygen atoms in total. The molecule has 27 heavy (non-hydrogen) atoms. The fourth-order valence-corrected chi connectivity index (χ4v) is 3.97. The van der Waals surface area contributed by atoms with E-state index in [1.165, 1.54) is 6.20 Å². The molecule has 140 valence electrons. The van der Waals surface area contributed by atoms with E-state index in [1.54, 1.807) is 6.07 Å². The summed E-state index contributed by atoms with van der Waals surface area (Å²) in [6.07, 6.45) is 4.57. The first kappa shape index (κ1) is 18.0. The van der Waals surface area contributed by atoms with E-state index in [2.05, 4.69) is 11.1 Å². The number of carbonyl (C=O) groups is 1. The molecule has 0 amide bonds. The van der Waals surface area contributed by atoms with Crippen molar-refractivity contribution in [3.63, 3.8) is 0 Å². The number of hydrogen-bond acceptors (Lipinski definition) is 2. The lowest BCUT2D eigenvalue weighted by Gasteiger charge is -2.12. The van der Waals surface area contributed by atoms with Gasteiger partial charge < -0.3 is 9.67 Å². The number of nitrogens with zero attached hydrogens (tertiary/aromatic N) is 2. The van der Waals surface area contributed by atoms with Crippen molar-refractivity contribution in [3.8, 4) is 0 Å². The van der Waals surface area contributed by atoms with E-state index in [0.717, 1.165) is 35.3 Å². The van der Waals surface area contributed by atoms with Crippen LogP contribution in [0.2, 0.25) is 5.02 Å². The van der Waals surface area contributed by atoms with E-state index in [1.807, 2.05) is 24.6 Å². The van der Waals surface area contributed by atoms with Crippen LogP contribution in [0.5, 0.6) is 0 Å². The van der Waals surface area contributed by atoms with Gasteiger partial charge in [-0.1, -0.05) is 18.5 Å². The van der Waals surface area contributed by atoms with E-state index in [4.69, 9.17) is 11.6 Å². The highest BCUT2D eigenvalue weighted by atomic mass is 35.5. The number of carboxylic acid groups (broad SMARTS) is 1. The largest absolute Gasteiger partial charge is 0.478 e. The number of halogens is 2. The van der Waals surface area contributed by atoms with E-state index in [-0.39, 0.29) is 16.4 Å². The second-order valence-electron chi connectivity index (χ2n) is 7.15. The Morgan fingerprint density at radius 2 is 2.11 bits per heavy atom. The summed E-state index contributed by atoms with van der Waals surface area (Å²) in [5, 5.41) is 10.1. The van der Waals surface area contributed by atoms with Crippen LogP contribution >= 0.6 is 11.6 Å². The normalized spacial score (nSPS) is 14.1. The highest BCUT2D eigenvalue weighted by Crippen LogP contribution is 2.42. The highest BCUT2D eigenvalue weighted by Gasteiger charge is 2.26. The first-order valence-electron chi connectivity index (χ1n) is 9.08. The number of benzene rings is 1. The average Bonchev–Trinajstić information content (AvgIpc) is 3.43. The predicted octanol–water partition coefficient (Wildman–Crippen LogP) is 5.09. The zero-order chi connectivity index (χ0) is 19.3. The van der Waals surface area contributed by atoms with Crippen LogP contribution in [0.1, 0.15) is 58.6 Å². The monoisotopic (exact) mass is 386 g/mol. The third kappa shape index (κ3) is 3.10. The standard InChI is InChI=1S/C21H20ClFN2O2/c1-3-18-15(20(22)16(10-24-18)21(26)27)9-13-8-14-17(23)6-12(11-4-5-11)7-19(14)25(13)2/h6-8,10-11H,3-5,9H2,1-2H3,(H,26,27). The Morgan fingerprint density at radius 3 is 2.74 bits per heavy atom. The van der Waals surface area contributed by atoms with Gasteiger partial charge in [0.05, 0.1) is 16.1 Å². The number of pyridine rings is 1.